The molecule has 0 fully saturated rings. The lowest BCUT2D eigenvalue weighted by atomic mass is 10.0. The van der Waals surface area contributed by atoms with Crippen molar-refractivity contribution in [2.75, 3.05) is 13.2 Å². The van der Waals surface area contributed by atoms with Crippen LogP contribution < -0.4 is 5.32 Å². The minimum Gasteiger partial charge on any atom is -0.466 e. The molecule has 6 nitrogen and oxygen atoms in total. The molecule has 0 aromatic carbocycles. The van der Waals surface area contributed by atoms with Gasteiger partial charge in [0, 0.05) is 12.8 Å². The maximum atomic E-state index is 12.5. The van der Waals surface area contributed by atoms with Crippen molar-refractivity contribution in [3.63, 3.8) is 0 Å². The van der Waals surface area contributed by atoms with E-state index in [9.17, 15) is 19.8 Å². The van der Waals surface area contributed by atoms with Crippen molar-refractivity contribution in [3.05, 3.63) is 0 Å². The van der Waals surface area contributed by atoms with Gasteiger partial charge in [0.25, 0.3) is 0 Å². The summed E-state index contributed by atoms with van der Waals surface area (Å²) in [6, 6.07) is -0.549. The van der Waals surface area contributed by atoms with E-state index in [1.807, 2.05) is 0 Å². The number of ether oxygens (including phenoxy) is 1. The number of aliphatic hydroxyl groups is 2. The highest BCUT2D eigenvalue weighted by molar-refractivity contribution is 5.76. The molecule has 62 heavy (non-hydrogen) atoms. The fraction of sp³-hybridized carbons (Fsp3) is 0.964. The molecule has 0 aromatic rings. The molecule has 0 saturated heterocycles. The Bertz CT molecular complexity index is 882. The van der Waals surface area contributed by atoms with Gasteiger partial charge in [-0.1, -0.05) is 284 Å². The molecule has 0 saturated carbocycles. The third-order valence-electron chi connectivity index (χ3n) is 13.4. The molecule has 0 heterocycles. The lowest BCUT2D eigenvalue weighted by Crippen LogP contribution is -2.45. The summed E-state index contributed by atoms with van der Waals surface area (Å²) in [4.78, 5) is 24.5. The van der Waals surface area contributed by atoms with E-state index in [1.165, 1.54) is 238 Å². The van der Waals surface area contributed by atoms with E-state index >= 15 is 0 Å². The number of amides is 1. The highest BCUT2D eigenvalue weighted by Gasteiger charge is 2.20. The van der Waals surface area contributed by atoms with Crippen LogP contribution in [0.2, 0.25) is 0 Å². The molecular formula is C56H111NO5. The normalized spacial score (nSPS) is 12.5. The van der Waals surface area contributed by atoms with Gasteiger partial charge < -0.3 is 20.3 Å². The van der Waals surface area contributed by atoms with Gasteiger partial charge in [-0.15, -0.1) is 0 Å². The first-order chi connectivity index (χ1) is 30.5. The predicted molar refractivity (Wildman–Crippen MR) is 269 cm³/mol. The standard InChI is InChI=1S/C56H111NO5/c1-3-5-7-9-11-13-15-17-19-20-22-24-28-32-36-40-44-48-54(59)53(52-58)57-55(60)49-45-41-37-33-29-25-23-27-31-35-39-43-47-51-62-56(61)50-46-42-38-34-30-26-21-18-16-14-12-10-8-6-4-2/h53-54,58-59H,3-52H2,1-2H3,(H,57,60). The van der Waals surface area contributed by atoms with Crippen molar-refractivity contribution in [3.8, 4) is 0 Å². The smallest absolute Gasteiger partial charge is 0.305 e. The predicted octanol–water partition coefficient (Wildman–Crippen LogP) is 17.1. The number of hydrogen-bond acceptors (Lipinski definition) is 5. The third-order valence-corrected chi connectivity index (χ3v) is 13.4. The van der Waals surface area contributed by atoms with E-state index in [0.717, 1.165) is 51.4 Å². The maximum Gasteiger partial charge on any atom is 0.305 e. The Morgan fingerprint density at radius 3 is 0.984 bits per heavy atom. The summed E-state index contributed by atoms with van der Waals surface area (Å²) in [7, 11) is 0. The van der Waals surface area contributed by atoms with Crippen molar-refractivity contribution >= 4 is 11.9 Å². The first-order valence-corrected chi connectivity index (χ1v) is 28.3. The second-order valence-electron chi connectivity index (χ2n) is 19.6. The summed E-state index contributed by atoms with van der Waals surface area (Å²) in [6.07, 6.45) is 59.4. The lowest BCUT2D eigenvalue weighted by Gasteiger charge is -2.22. The van der Waals surface area contributed by atoms with Gasteiger partial charge >= 0.3 is 5.97 Å². The summed E-state index contributed by atoms with van der Waals surface area (Å²) in [5, 5.41) is 23.3. The Morgan fingerprint density at radius 2 is 0.661 bits per heavy atom. The number of nitrogens with one attached hydrogen (secondary N) is 1. The molecule has 0 aromatic heterocycles. The van der Waals surface area contributed by atoms with E-state index < -0.39 is 12.1 Å². The molecule has 0 rings (SSSR count). The van der Waals surface area contributed by atoms with Crippen molar-refractivity contribution in [1.29, 1.82) is 0 Å². The summed E-state index contributed by atoms with van der Waals surface area (Å²) < 4.78 is 5.47. The van der Waals surface area contributed by atoms with E-state index in [2.05, 4.69) is 19.2 Å². The monoisotopic (exact) mass is 878 g/mol. The number of esters is 1. The van der Waals surface area contributed by atoms with Gasteiger partial charge in [0.1, 0.15) is 0 Å². The van der Waals surface area contributed by atoms with Gasteiger partial charge in [-0.3, -0.25) is 9.59 Å². The van der Waals surface area contributed by atoms with E-state index in [0.29, 0.717) is 25.9 Å². The van der Waals surface area contributed by atoms with Crippen molar-refractivity contribution in [1.82, 2.24) is 5.32 Å². The second-order valence-corrected chi connectivity index (χ2v) is 19.6. The van der Waals surface area contributed by atoms with Crippen LogP contribution in [-0.4, -0.2) is 47.4 Å². The molecule has 0 aliphatic heterocycles. The van der Waals surface area contributed by atoms with Crippen LogP contribution in [0.3, 0.4) is 0 Å². The van der Waals surface area contributed by atoms with Gasteiger partial charge in [0.15, 0.2) is 0 Å². The van der Waals surface area contributed by atoms with Gasteiger partial charge in [0.2, 0.25) is 5.91 Å². The van der Waals surface area contributed by atoms with Crippen molar-refractivity contribution in [2.24, 2.45) is 0 Å². The number of carbonyl (C=O) groups is 2. The minimum absolute atomic E-state index is 0.00146. The number of hydrogen-bond donors (Lipinski definition) is 3. The van der Waals surface area contributed by atoms with Gasteiger partial charge in [-0.05, 0) is 25.7 Å². The summed E-state index contributed by atoms with van der Waals surface area (Å²) in [5.41, 5.74) is 0. The highest BCUT2D eigenvalue weighted by atomic mass is 16.5. The summed E-state index contributed by atoms with van der Waals surface area (Å²) >= 11 is 0. The largest absolute Gasteiger partial charge is 0.466 e. The summed E-state index contributed by atoms with van der Waals surface area (Å²) in [6.45, 7) is 4.95. The zero-order valence-corrected chi connectivity index (χ0v) is 42.1. The van der Waals surface area contributed by atoms with Crippen LogP contribution in [0.5, 0.6) is 0 Å². The van der Waals surface area contributed by atoms with Crippen molar-refractivity contribution in [2.45, 2.75) is 334 Å². The number of unbranched alkanes of at least 4 members (excludes halogenated alkanes) is 42. The number of carbonyl (C=O) groups excluding carboxylic acids is 2. The Hall–Kier alpha value is -1.14. The molecular weight excluding hydrogens is 767 g/mol. The number of rotatable bonds is 53. The molecule has 0 aliphatic rings. The Labute approximate surface area is 387 Å². The van der Waals surface area contributed by atoms with Crippen LogP contribution in [0.4, 0.5) is 0 Å². The molecule has 6 heteroatoms. The number of aliphatic hydroxyl groups excluding tert-OH is 2. The highest BCUT2D eigenvalue weighted by Crippen LogP contribution is 2.18. The van der Waals surface area contributed by atoms with Gasteiger partial charge in [0.05, 0.1) is 25.4 Å². The zero-order chi connectivity index (χ0) is 45.1. The van der Waals surface area contributed by atoms with Gasteiger partial charge in [-0.2, -0.15) is 0 Å². The Kier molecular flexibility index (Phi) is 51.5. The molecule has 0 radical (unpaired) electrons. The van der Waals surface area contributed by atoms with Crippen LogP contribution in [0.1, 0.15) is 322 Å². The minimum atomic E-state index is -0.671. The molecule has 2 unspecified atom stereocenters. The van der Waals surface area contributed by atoms with E-state index in [-0.39, 0.29) is 18.5 Å². The van der Waals surface area contributed by atoms with Crippen LogP contribution >= 0.6 is 0 Å². The first-order valence-electron chi connectivity index (χ1n) is 28.3. The SMILES string of the molecule is CCCCCCCCCCCCCCCCCCCC(O)C(CO)NC(=O)CCCCCCCCCCCCCCCOC(=O)CCCCCCCCCCCCCCCCC. The molecule has 2 atom stereocenters. The first kappa shape index (κ1) is 60.9. The van der Waals surface area contributed by atoms with Crippen LogP contribution in [0.25, 0.3) is 0 Å². The molecule has 3 N–H and O–H groups in total. The van der Waals surface area contributed by atoms with E-state index in [1.54, 1.807) is 0 Å². The van der Waals surface area contributed by atoms with Crippen LogP contribution in [-0.2, 0) is 14.3 Å². The van der Waals surface area contributed by atoms with Crippen molar-refractivity contribution < 1.29 is 24.5 Å². The third kappa shape index (κ3) is 48.3. The average molecular weight is 879 g/mol. The fourth-order valence-electron chi connectivity index (χ4n) is 9.05. The molecule has 0 spiro atoms. The molecule has 0 bridgehead atoms. The lowest BCUT2D eigenvalue weighted by molar-refractivity contribution is -0.143. The van der Waals surface area contributed by atoms with Gasteiger partial charge in [-0.25, -0.2) is 0 Å². The maximum absolute atomic E-state index is 12.5. The van der Waals surface area contributed by atoms with E-state index in [4.69, 9.17) is 4.74 Å². The fourth-order valence-corrected chi connectivity index (χ4v) is 9.05. The molecule has 1 amide bonds. The summed E-state index contributed by atoms with van der Waals surface area (Å²) in [5.74, 6) is -0.0458. The second kappa shape index (κ2) is 52.5. The van der Waals surface area contributed by atoms with Crippen LogP contribution in [0, 0.1) is 0 Å². The topological polar surface area (TPSA) is 95.9 Å². The molecule has 370 valence electrons. The molecule has 0 aliphatic carbocycles. The average Bonchev–Trinajstić information content (AvgIpc) is 3.27. The zero-order valence-electron chi connectivity index (χ0n) is 42.1. The van der Waals surface area contributed by atoms with Crippen LogP contribution in [0.15, 0.2) is 0 Å². The quantitative estimate of drug-likeness (QED) is 0.0418. The Morgan fingerprint density at radius 1 is 0.387 bits per heavy atom. The Balaban J connectivity index is 3.43.